The second-order valence-corrected chi connectivity index (χ2v) is 7.29. The van der Waals surface area contributed by atoms with Crippen LogP contribution in [0.15, 0.2) is 18.2 Å². The third-order valence-electron chi connectivity index (χ3n) is 4.68. The number of nitrogens with one attached hydrogen (secondary N) is 1. The third kappa shape index (κ3) is 6.55. The van der Waals surface area contributed by atoms with Crippen molar-refractivity contribution in [2.75, 3.05) is 33.8 Å². The van der Waals surface area contributed by atoms with Crippen LogP contribution in [-0.2, 0) is 11.3 Å². The maximum atomic E-state index is 12.1. The van der Waals surface area contributed by atoms with Crippen LogP contribution in [0.25, 0.3) is 0 Å². The van der Waals surface area contributed by atoms with Crippen LogP contribution in [0.4, 0.5) is 0 Å². The number of rotatable bonds is 7. The lowest BCUT2D eigenvalue weighted by molar-refractivity contribution is -0.135. The number of hydrogen-bond donors (Lipinski definition) is 1. The molecule has 0 radical (unpaired) electrons. The van der Waals surface area contributed by atoms with Gasteiger partial charge in [-0.1, -0.05) is 6.07 Å². The molecule has 154 valence electrons. The Morgan fingerprint density at radius 2 is 2.04 bits per heavy atom. The van der Waals surface area contributed by atoms with E-state index in [1.807, 2.05) is 19.1 Å². The maximum Gasteiger partial charge on any atom is 0.262 e. The molecule has 1 N–H and O–H groups in total. The molecule has 6 nitrogen and oxygen atoms in total. The summed E-state index contributed by atoms with van der Waals surface area (Å²) in [7, 11) is 3.45. The van der Waals surface area contributed by atoms with E-state index >= 15 is 0 Å². The van der Waals surface area contributed by atoms with Gasteiger partial charge in [-0.15, -0.1) is 12.4 Å². The van der Waals surface area contributed by atoms with Crippen molar-refractivity contribution in [3.8, 4) is 11.5 Å². The molecule has 1 aromatic rings. The smallest absolute Gasteiger partial charge is 0.262 e. The van der Waals surface area contributed by atoms with E-state index in [0.717, 1.165) is 19.6 Å². The molecule has 2 rings (SSSR count). The minimum atomic E-state index is -0.552. The van der Waals surface area contributed by atoms with Gasteiger partial charge in [-0.3, -0.25) is 9.69 Å². The van der Waals surface area contributed by atoms with E-state index in [1.165, 1.54) is 10.5 Å². The Balaban J connectivity index is 0.00000364. The zero-order chi connectivity index (χ0) is 19.3. The maximum absolute atomic E-state index is 12.1. The van der Waals surface area contributed by atoms with Crippen LogP contribution in [0.3, 0.4) is 0 Å². The van der Waals surface area contributed by atoms with Gasteiger partial charge in [0.1, 0.15) is 0 Å². The van der Waals surface area contributed by atoms with Gasteiger partial charge in [-0.05, 0) is 45.4 Å². The standard InChI is InChI=1S/C20H33N3O3.ClH/c1-7-25-19-10-17(13-23-12-14(2)21-11-15(23)3)8-9-18(19)26-16(4)20(24)22(5)6;/h8-10,14-16,21H,7,11-13H2,1-6H3;1H. The fraction of sp³-hybridized carbons (Fsp3) is 0.650. The van der Waals surface area contributed by atoms with E-state index in [1.54, 1.807) is 21.0 Å². The fourth-order valence-electron chi connectivity index (χ4n) is 3.17. The first-order valence-electron chi connectivity index (χ1n) is 9.42. The third-order valence-corrected chi connectivity index (χ3v) is 4.68. The highest BCUT2D eigenvalue weighted by Crippen LogP contribution is 2.30. The van der Waals surface area contributed by atoms with Crippen LogP contribution in [-0.4, -0.2) is 67.7 Å². The lowest BCUT2D eigenvalue weighted by atomic mass is 10.1. The summed E-state index contributed by atoms with van der Waals surface area (Å²) in [5.74, 6) is 1.24. The molecule has 1 heterocycles. The molecule has 0 spiro atoms. The van der Waals surface area contributed by atoms with Gasteiger partial charge in [0.25, 0.3) is 5.91 Å². The van der Waals surface area contributed by atoms with E-state index in [0.29, 0.717) is 30.2 Å². The Hall–Kier alpha value is -1.50. The van der Waals surface area contributed by atoms with Crippen LogP contribution < -0.4 is 14.8 Å². The van der Waals surface area contributed by atoms with Gasteiger partial charge in [-0.25, -0.2) is 0 Å². The van der Waals surface area contributed by atoms with Crippen LogP contribution >= 0.6 is 12.4 Å². The number of hydrogen-bond acceptors (Lipinski definition) is 5. The van der Waals surface area contributed by atoms with Gasteiger partial charge in [0.05, 0.1) is 6.61 Å². The summed E-state index contributed by atoms with van der Waals surface area (Å²) in [5.41, 5.74) is 1.19. The Morgan fingerprint density at radius 1 is 1.33 bits per heavy atom. The van der Waals surface area contributed by atoms with E-state index in [-0.39, 0.29) is 18.3 Å². The van der Waals surface area contributed by atoms with Crippen molar-refractivity contribution < 1.29 is 14.3 Å². The first-order chi connectivity index (χ1) is 12.3. The summed E-state index contributed by atoms with van der Waals surface area (Å²) < 4.78 is 11.6. The first kappa shape index (κ1) is 23.5. The second-order valence-electron chi connectivity index (χ2n) is 7.29. The Morgan fingerprint density at radius 3 is 2.67 bits per heavy atom. The number of piperazine rings is 1. The number of halogens is 1. The Labute approximate surface area is 169 Å². The van der Waals surface area contributed by atoms with E-state index < -0.39 is 6.10 Å². The topological polar surface area (TPSA) is 54.0 Å². The zero-order valence-electron chi connectivity index (χ0n) is 17.3. The molecule has 1 amide bonds. The van der Waals surface area contributed by atoms with Crippen LogP contribution in [0.5, 0.6) is 11.5 Å². The van der Waals surface area contributed by atoms with Crippen molar-refractivity contribution in [1.29, 1.82) is 0 Å². The lowest BCUT2D eigenvalue weighted by Gasteiger charge is -2.37. The average molecular weight is 400 g/mol. The Bertz CT molecular complexity index is 612. The SMILES string of the molecule is CCOc1cc(CN2CC(C)NCC2C)ccc1OC(C)C(=O)N(C)C.Cl. The van der Waals surface area contributed by atoms with Crippen molar-refractivity contribution in [3.05, 3.63) is 23.8 Å². The average Bonchev–Trinajstić information content (AvgIpc) is 2.59. The largest absolute Gasteiger partial charge is 0.490 e. The van der Waals surface area contributed by atoms with Crippen LogP contribution in [0.1, 0.15) is 33.3 Å². The summed E-state index contributed by atoms with van der Waals surface area (Å²) in [4.78, 5) is 16.1. The zero-order valence-corrected chi connectivity index (χ0v) is 18.1. The molecule has 27 heavy (non-hydrogen) atoms. The van der Waals surface area contributed by atoms with Crippen molar-refractivity contribution >= 4 is 18.3 Å². The molecular weight excluding hydrogens is 366 g/mol. The van der Waals surface area contributed by atoms with E-state index in [4.69, 9.17) is 9.47 Å². The summed E-state index contributed by atoms with van der Waals surface area (Å²) in [6.45, 7) is 11.6. The monoisotopic (exact) mass is 399 g/mol. The Kier molecular flexibility index (Phi) is 9.36. The molecule has 1 aliphatic rings. The number of likely N-dealkylation sites (N-methyl/N-ethyl adjacent to an activating group) is 1. The number of ether oxygens (including phenoxy) is 2. The van der Waals surface area contributed by atoms with Crippen LogP contribution in [0.2, 0.25) is 0 Å². The van der Waals surface area contributed by atoms with Gasteiger partial charge in [0.15, 0.2) is 17.6 Å². The lowest BCUT2D eigenvalue weighted by Crippen LogP contribution is -2.53. The number of benzene rings is 1. The van der Waals surface area contributed by atoms with E-state index in [9.17, 15) is 4.79 Å². The summed E-state index contributed by atoms with van der Waals surface area (Å²) >= 11 is 0. The van der Waals surface area contributed by atoms with Gasteiger partial charge in [0, 0.05) is 45.8 Å². The summed E-state index contributed by atoms with van der Waals surface area (Å²) in [6.07, 6.45) is -0.552. The van der Waals surface area contributed by atoms with E-state index in [2.05, 4.69) is 30.1 Å². The molecule has 0 aliphatic carbocycles. The second kappa shape index (κ2) is 10.7. The molecule has 1 saturated heterocycles. The molecule has 1 aliphatic heterocycles. The van der Waals surface area contributed by atoms with Gasteiger partial charge >= 0.3 is 0 Å². The normalized spacial score (nSPS) is 21.1. The van der Waals surface area contributed by atoms with Crippen molar-refractivity contribution in [1.82, 2.24) is 15.1 Å². The predicted octanol–water partition coefficient (Wildman–Crippen LogP) is 2.54. The highest BCUT2D eigenvalue weighted by molar-refractivity contribution is 5.85. The molecule has 3 atom stereocenters. The highest BCUT2D eigenvalue weighted by atomic mass is 35.5. The molecule has 1 fully saturated rings. The minimum absolute atomic E-state index is 0. The number of carbonyl (C=O) groups excluding carboxylic acids is 1. The van der Waals surface area contributed by atoms with Gasteiger partial charge < -0.3 is 19.7 Å². The quantitative estimate of drug-likeness (QED) is 0.763. The number of carbonyl (C=O) groups is 1. The molecule has 0 aromatic heterocycles. The minimum Gasteiger partial charge on any atom is -0.490 e. The highest BCUT2D eigenvalue weighted by Gasteiger charge is 2.23. The van der Waals surface area contributed by atoms with Crippen molar-refractivity contribution in [2.45, 2.75) is 52.4 Å². The van der Waals surface area contributed by atoms with Crippen LogP contribution in [0, 0.1) is 0 Å². The summed E-state index contributed by atoms with van der Waals surface area (Å²) in [5, 5.41) is 3.51. The number of amides is 1. The van der Waals surface area contributed by atoms with Gasteiger partial charge in [-0.2, -0.15) is 0 Å². The van der Waals surface area contributed by atoms with Crippen molar-refractivity contribution in [2.24, 2.45) is 0 Å². The molecular formula is C20H34ClN3O3. The molecule has 0 saturated carbocycles. The molecule has 1 aromatic carbocycles. The number of nitrogens with zero attached hydrogens (tertiary/aromatic N) is 2. The predicted molar refractivity (Wildman–Crippen MR) is 111 cm³/mol. The summed E-state index contributed by atoms with van der Waals surface area (Å²) in [6, 6.07) is 7.00. The molecule has 3 unspecified atom stereocenters. The molecule has 0 bridgehead atoms. The van der Waals surface area contributed by atoms with Gasteiger partial charge in [0.2, 0.25) is 0 Å². The fourth-order valence-corrected chi connectivity index (χ4v) is 3.17. The first-order valence-corrected chi connectivity index (χ1v) is 9.42. The molecule has 7 heteroatoms. The van der Waals surface area contributed by atoms with Crippen molar-refractivity contribution in [3.63, 3.8) is 0 Å².